The second kappa shape index (κ2) is 9.89. The van der Waals surface area contributed by atoms with E-state index in [1.54, 1.807) is 19.1 Å². The van der Waals surface area contributed by atoms with Crippen molar-refractivity contribution >= 4 is 5.91 Å². The maximum Gasteiger partial charge on any atom is 0.222 e. The van der Waals surface area contributed by atoms with Crippen LogP contribution in [0.4, 0.5) is 0 Å². The predicted molar refractivity (Wildman–Crippen MR) is 56.7 cm³/mol. The summed E-state index contributed by atoms with van der Waals surface area (Å²) in [6.45, 7) is 2.24. The average molecular weight is 219 g/mol. The van der Waals surface area contributed by atoms with E-state index in [0.717, 1.165) is 0 Å². The first kappa shape index (κ1) is 14.3. The first-order chi connectivity index (χ1) is 7.26. The van der Waals surface area contributed by atoms with E-state index in [-0.39, 0.29) is 12.5 Å². The molecule has 90 valence electrons. The van der Waals surface area contributed by atoms with Gasteiger partial charge in [-0.1, -0.05) is 0 Å². The fraction of sp³-hybridized carbons (Fsp3) is 0.900. The molecule has 0 aromatic rings. The minimum absolute atomic E-state index is 0.0400. The summed E-state index contributed by atoms with van der Waals surface area (Å²) >= 11 is 0. The molecule has 0 bridgehead atoms. The zero-order valence-electron chi connectivity index (χ0n) is 9.57. The molecule has 0 spiro atoms. The van der Waals surface area contributed by atoms with Crippen LogP contribution in [0.25, 0.3) is 0 Å². The van der Waals surface area contributed by atoms with Gasteiger partial charge in [-0.05, 0) is 6.42 Å². The molecular formula is C10H21NO4. The van der Waals surface area contributed by atoms with Crippen LogP contribution in [-0.2, 0) is 14.3 Å². The second-order valence-corrected chi connectivity index (χ2v) is 3.19. The highest BCUT2D eigenvalue weighted by molar-refractivity contribution is 5.76. The molecular weight excluding hydrogens is 198 g/mol. The second-order valence-electron chi connectivity index (χ2n) is 3.19. The van der Waals surface area contributed by atoms with Gasteiger partial charge in [0.15, 0.2) is 0 Å². The van der Waals surface area contributed by atoms with Crippen molar-refractivity contribution in [3.05, 3.63) is 0 Å². The van der Waals surface area contributed by atoms with E-state index in [9.17, 15) is 4.79 Å². The van der Waals surface area contributed by atoms with Crippen LogP contribution in [0.15, 0.2) is 0 Å². The van der Waals surface area contributed by atoms with Crippen molar-refractivity contribution in [2.45, 2.75) is 12.8 Å². The van der Waals surface area contributed by atoms with E-state index < -0.39 is 0 Å². The van der Waals surface area contributed by atoms with Gasteiger partial charge >= 0.3 is 0 Å². The number of hydrogen-bond donors (Lipinski definition) is 1. The Morgan fingerprint density at radius 1 is 1.20 bits per heavy atom. The number of carbonyl (C=O) groups is 1. The molecule has 1 amide bonds. The van der Waals surface area contributed by atoms with Gasteiger partial charge in [-0.2, -0.15) is 0 Å². The minimum Gasteiger partial charge on any atom is -0.396 e. The summed E-state index contributed by atoms with van der Waals surface area (Å²) in [5, 5.41) is 8.63. The summed E-state index contributed by atoms with van der Waals surface area (Å²) in [5.41, 5.74) is 0. The molecule has 0 atom stereocenters. The van der Waals surface area contributed by atoms with Crippen molar-refractivity contribution in [1.82, 2.24) is 4.90 Å². The highest BCUT2D eigenvalue weighted by atomic mass is 16.5. The van der Waals surface area contributed by atoms with E-state index in [2.05, 4.69) is 0 Å². The molecule has 0 aliphatic rings. The maximum absolute atomic E-state index is 11.6. The number of aliphatic hydroxyl groups is 1. The topological polar surface area (TPSA) is 59.0 Å². The SMILES string of the molecule is COCCN(CCOC)C(=O)CCCO. The Balaban J connectivity index is 3.90. The quantitative estimate of drug-likeness (QED) is 0.587. The standard InChI is InChI=1S/C10H21NO4/c1-14-8-5-11(6-9-15-2)10(13)4-3-7-12/h12H,3-9H2,1-2H3. The Morgan fingerprint density at radius 3 is 2.13 bits per heavy atom. The lowest BCUT2D eigenvalue weighted by molar-refractivity contribution is -0.132. The minimum atomic E-state index is 0.0400. The van der Waals surface area contributed by atoms with Crippen molar-refractivity contribution in [1.29, 1.82) is 0 Å². The monoisotopic (exact) mass is 219 g/mol. The van der Waals surface area contributed by atoms with Gasteiger partial charge in [0.1, 0.15) is 0 Å². The number of amides is 1. The van der Waals surface area contributed by atoms with E-state index in [0.29, 0.717) is 39.1 Å². The summed E-state index contributed by atoms with van der Waals surface area (Å²) in [7, 11) is 3.21. The van der Waals surface area contributed by atoms with Crippen LogP contribution in [0, 0.1) is 0 Å². The fourth-order valence-electron chi connectivity index (χ4n) is 1.15. The molecule has 15 heavy (non-hydrogen) atoms. The number of nitrogens with zero attached hydrogens (tertiary/aromatic N) is 1. The molecule has 5 nitrogen and oxygen atoms in total. The highest BCUT2D eigenvalue weighted by Gasteiger charge is 2.11. The Morgan fingerprint density at radius 2 is 1.73 bits per heavy atom. The number of rotatable bonds is 9. The van der Waals surface area contributed by atoms with Gasteiger partial charge in [-0.25, -0.2) is 0 Å². The Kier molecular flexibility index (Phi) is 9.46. The molecule has 1 N–H and O–H groups in total. The van der Waals surface area contributed by atoms with Crippen LogP contribution in [0.2, 0.25) is 0 Å². The van der Waals surface area contributed by atoms with Crippen molar-refractivity contribution < 1.29 is 19.4 Å². The molecule has 0 aromatic carbocycles. The summed E-state index contributed by atoms with van der Waals surface area (Å²) in [5.74, 6) is 0.0400. The Hall–Kier alpha value is -0.650. The lowest BCUT2D eigenvalue weighted by Gasteiger charge is -2.21. The normalized spacial score (nSPS) is 10.3. The molecule has 5 heteroatoms. The summed E-state index contributed by atoms with van der Waals surface area (Å²) < 4.78 is 9.85. The maximum atomic E-state index is 11.6. The number of aliphatic hydroxyl groups excluding tert-OH is 1. The molecule has 0 aromatic heterocycles. The highest BCUT2D eigenvalue weighted by Crippen LogP contribution is 1.98. The first-order valence-corrected chi connectivity index (χ1v) is 5.12. The first-order valence-electron chi connectivity index (χ1n) is 5.12. The number of methoxy groups -OCH3 is 2. The molecule has 0 aliphatic carbocycles. The number of hydrogen-bond acceptors (Lipinski definition) is 4. The van der Waals surface area contributed by atoms with E-state index in [4.69, 9.17) is 14.6 Å². The lowest BCUT2D eigenvalue weighted by atomic mass is 10.3. The molecule has 0 fully saturated rings. The third-order valence-corrected chi connectivity index (χ3v) is 2.03. The van der Waals surface area contributed by atoms with E-state index in [1.165, 1.54) is 0 Å². The fourth-order valence-corrected chi connectivity index (χ4v) is 1.15. The molecule has 0 saturated carbocycles. The molecule has 0 aliphatic heterocycles. The van der Waals surface area contributed by atoms with Crippen LogP contribution in [0.5, 0.6) is 0 Å². The average Bonchev–Trinajstić information content (AvgIpc) is 2.26. The van der Waals surface area contributed by atoms with E-state index in [1.807, 2.05) is 0 Å². The lowest BCUT2D eigenvalue weighted by Crippen LogP contribution is -2.36. The van der Waals surface area contributed by atoms with Gasteiger partial charge < -0.3 is 19.5 Å². The van der Waals surface area contributed by atoms with Crippen molar-refractivity contribution in [3.8, 4) is 0 Å². The number of carbonyl (C=O) groups excluding carboxylic acids is 1. The largest absolute Gasteiger partial charge is 0.396 e. The van der Waals surface area contributed by atoms with Crippen molar-refractivity contribution in [2.75, 3.05) is 47.1 Å². The smallest absolute Gasteiger partial charge is 0.222 e. The Labute approximate surface area is 91.0 Å². The van der Waals surface area contributed by atoms with Crippen LogP contribution >= 0.6 is 0 Å². The summed E-state index contributed by atoms with van der Waals surface area (Å²) in [6, 6.07) is 0. The van der Waals surface area contributed by atoms with Crippen molar-refractivity contribution in [3.63, 3.8) is 0 Å². The predicted octanol–water partition coefficient (Wildman–Crippen LogP) is -0.120. The molecule has 0 unspecified atom stereocenters. The van der Waals surface area contributed by atoms with Crippen LogP contribution in [0.3, 0.4) is 0 Å². The summed E-state index contributed by atoms with van der Waals surface area (Å²) in [6.07, 6.45) is 0.888. The van der Waals surface area contributed by atoms with Gasteiger partial charge in [0.05, 0.1) is 13.2 Å². The van der Waals surface area contributed by atoms with Crippen LogP contribution in [-0.4, -0.2) is 63.0 Å². The van der Waals surface area contributed by atoms with Crippen molar-refractivity contribution in [2.24, 2.45) is 0 Å². The van der Waals surface area contributed by atoms with Gasteiger partial charge in [0.2, 0.25) is 5.91 Å². The molecule has 0 saturated heterocycles. The van der Waals surface area contributed by atoms with Gasteiger partial charge in [0, 0.05) is 40.3 Å². The number of ether oxygens (including phenoxy) is 2. The third-order valence-electron chi connectivity index (χ3n) is 2.03. The van der Waals surface area contributed by atoms with Gasteiger partial charge in [-0.15, -0.1) is 0 Å². The molecule has 0 radical (unpaired) electrons. The Bertz CT molecular complexity index is 156. The third kappa shape index (κ3) is 7.30. The van der Waals surface area contributed by atoms with Crippen LogP contribution < -0.4 is 0 Å². The summed E-state index contributed by atoms with van der Waals surface area (Å²) in [4.78, 5) is 13.3. The van der Waals surface area contributed by atoms with Gasteiger partial charge in [-0.3, -0.25) is 4.79 Å². The van der Waals surface area contributed by atoms with Crippen LogP contribution in [0.1, 0.15) is 12.8 Å². The zero-order valence-corrected chi connectivity index (χ0v) is 9.57. The molecule has 0 rings (SSSR count). The van der Waals surface area contributed by atoms with E-state index >= 15 is 0 Å². The van der Waals surface area contributed by atoms with Gasteiger partial charge in [0.25, 0.3) is 0 Å². The molecule has 0 heterocycles. The zero-order chi connectivity index (χ0) is 11.5.